The summed E-state index contributed by atoms with van der Waals surface area (Å²) in [4.78, 5) is 13.9. The van der Waals surface area contributed by atoms with Crippen molar-refractivity contribution in [2.24, 2.45) is 0 Å². The van der Waals surface area contributed by atoms with Gasteiger partial charge in [-0.25, -0.2) is 0 Å². The van der Waals surface area contributed by atoms with E-state index in [9.17, 15) is 4.79 Å². The minimum atomic E-state index is -0.00186. The second-order valence-corrected chi connectivity index (χ2v) is 5.98. The lowest BCUT2D eigenvalue weighted by Gasteiger charge is -2.26. The number of carbonyl (C=O) groups excluding carboxylic acids is 1. The van der Waals surface area contributed by atoms with Gasteiger partial charge >= 0.3 is 0 Å². The molecule has 1 N–H and O–H groups in total. The Morgan fingerprint density at radius 2 is 1.92 bits per heavy atom. The Hall–Kier alpha value is -2.86. The molecule has 0 bridgehead atoms. The number of hydrogen-bond acceptors (Lipinski definition) is 4. The van der Waals surface area contributed by atoms with E-state index in [0.29, 0.717) is 32.1 Å². The van der Waals surface area contributed by atoms with Crippen molar-refractivity contribution in [2.45, 2.75) is 0 Å². The third-order valence-electron chi connectivity index (χ3n) is 4.35. The van der Waals surface area contributed by atoms with Crippen molar-refractivity contribution in [1.29, 1.82) is 0 Å². The quantitative estimate of drug-likeness (QED) is 0.794. The highest BCUT2D eigenvalue weighted by molar-refractivity contribution is 5.88. The molecule has 0 atom stereocenters. The molecule has 1 aliphatic rings. The van der Waals surface area contributed by atoms with Gasteiger partial charge in [0.25, 0.3) is 5.91 Å². The van der Waals surface area contributed by atoms with Gasteiger partial charge in [-0.1, -0.05) is 18.2 Å². The first-order valence-corrected chi connectivity index (χ1v) is 8.31. The fourth-order valence-corrected chi connectivity index (χ4v) is 2.95. The standard InChI is InChI=1S/C19H19N3O3/c23-19(22-7-9-24-10-8-22)13-25-17-4-3-14-11-16(2-1-15(14)12-17)18-5-6-20-21-18/h1-6,11-12H,7-10,13H2,(H,20,21). The largest absolute Gasteiger partial charge is 0.484 e. The molecule has 1 aliphatic heterocycles. The number of fused-ring (bicyclic) bond motifs is 1. The fourth-order valence-electron chi connectivity index (χ4n) is 2.95. The monoisotopic (exact) mass is 337 g/mol. The molecule has 1 aromatic heterocycles. The van der Waals surface area contributed by atoms with Crippen LogP contribution >= 0.6 is 0 Å². The van der Waals surface area contributed by atoms with Crippen molar-refractivity contribution in [3.05, 3.63) is 48.7 Å². The predicted octanol–water partition coefficient (Wildman–Crippen LogP) is 2.47. The number of amides is 1. The maximum atomic E-state index is 12.1. The Labute approximate surface area is 145 Å². The summed E-state index contributed by atoms with van der Waals surface area (Å²) in [5.74, 6) is 0.696. The molecule has 3 aromatic rings. The molecular formula is C19H19N3O3. The molecule has 1 saturated heterocycles. The van der Waals surface area contributed by atoms with Gasteiger partial charge in [-0.2, -0.15) is 5.10 Å². The van der Waals surface area contributed by atoms with Crippen LogP contribution in [0.3, 0.4) is 0 Å². The summed E-state index contributed by atoms with van der Waals surface area (Å²) in [6, 6.07) is 14.0. The molecule has 2 aromatic carbocycles. The zero-order chi connectivity index (χ0) is 17.1. The van der Waals surface area contributed by atoms with Crippen LogP contribution < -0.4 is 4.74 Å². The zero-order valence-corrected chi connectivity index (χ0v) is 13.8. The first-order chi connectivity index (χ1) is 12.3. The van der Waals surface area contributed by atoms with E-state index in [1.54, 1.807) is 11.1 Å². The molecular weight excluding hydrogens is 318 g/mol. The van der Waals surface area contributed by atoms with Crippen LogP contribution in [-0.2, 0) is 9.53 Å². The summed E-state index contributed by atoms with van der Waals surface area (Å²) < 4.78 is 10.9. The van der Waals surface area contributed by atoms with Gasteiger partial charge in [-0.05, 0) is 35.0 Å². The highest BCUT2D eigenvalue weighted by Crippen LogP contribution is 2.26. The van der Waals surface area contributed by atoms with Gasteiger partial charge in [0, 0.05) is 24.8 Å². The summed E-state index contributed by atoms with van der Waals surface area (Å²) in [7, 11) is 0. The van der Waals surface area contributed by atoms with Gasteiger partial charge in [0.1, 0.15) is 5.75 Å². The Morgan fingerprint density at radius 1 is 1.12 bits per heavy atom. The van der Waals surface area contributed by atoms with Gasteiger partial charge in [-0.15, -0.1) is 0 Å². The highest BCUT2D eigenvalue weighted by atomic mass is 16.5. The number of morpholine rings is 1. The number of ether oxygens (including phenoxy) is 2. The lowest BCUT2D eigenvalue weighted by molar-refractivity contribution is -0.137. The normalized spacial score (nSPS) is 14.6. The number of nitrogens with one attached hydrogen (secondary N) is 1. The molecule has 0 unspecified atom stereocenters. The molecule has 0 saturated carbocycles. The first kappa shape index (κ1) is 15.7. The third-order valence-corrected chi connectivity index (χ3v) is 4.35. The minimum absolute atomic E-state index is 0.00186. The maximum absolute atomic E-state index is 12.1. The Bertz CT molecular complexity index is 871. The van der Waals surface area contributed by atoms with Gasteiger partial charge in [0.05, 0.1) is 18.9 Å². The van der Waals surface area contributed by atoms with E-state index in [0.717, 1.165) is 22.0 Å². The number of carbonyl (C=O) groups is 1. The molecule has 6 heteroatoms. The Morgan fingerprint density at radius 3 is 2.72 bits per heavy atom. The van der Waals surface area contributed by atoms with Crippen molar-refractivity contribution in [3.8, 4) is 17.0 Å². The van der Waals surface area contributed by atoms with E-state index < -0.39 is 0 Å². The number of H-pyrrole nitrogens is 1. The van der Waals surface area contributed by atoms with E-state index in [1.165, 1.54) is 0 Å². The van der Waals surface area contributed by atoms with Crippen molar-refractivity contribution in [1.82, 2.24) is 15.1 Å². The van der Waals surface area contributed by atoms with Crippen molar-refractivity contribution >= 4 is 16.7 Å². The van der Waals surface area contributed by atoms with Gasteiger partial charge in [-0.3, -0.25) is 9.89 Å². The summed E-state index contributed by atoms with van der Waals surface area (Å²) in [6.07, 6.45) is 1.74. The summed E-state index contributed by atoms with van der Waals surface area (Å²) in [6.45, 7) is 2.52. The SMILES string of the molecule is O=C(COc1ccc2cc(-c3ccn[nH]3)ccc2c1)N1CCOCC1. The highest BCUT2D eigenvalue weighted by Gasteiger charge is 2.17. The molecule has 25 heavy (non-hydrogen) atoms. The van der Waals surface area contributed by atoms with Gasteiger partial charge in [0.2, 0.25) is 0 Å². The van der Waals surface area contributed by atoms with Crippen LogP contribution in [0.4, 0.5) is 0 Å². The van der Waals surface area contributed by atoms with Crippen LogP contribution in [0.15, 0.2) is 48.7 Å². The predicted molar refractivity (Wildman–Crippen MR) is 94.4 cm³/mol. The minimum Gasteiger partial charge on any atom is -0.484 e. The average Bonchev–Trinajstić information content (AvgIpc) is 3.21. The van der Waals surface area contributed by atoms with Crippen molar-refractivity contribution in [2.75, 3.05) is 32.9 Å². The number of nitrogens with zero attached hydrogens (tertiary/aromatic N) is 2. The molecule has 128 valence electrons. The van der Waals surface area contributed by atoms with Crippen LogP contribution in [0.5, 0.6) is 5.75 Å². The molecule has 1 fully saturated rings. The summed E-state index contributed by atoms with van der Waals surface area (Å²) in [5.41, 5.74) is 2.07. The van der Waals surface area contributed by atoms with Crippen LogP contribution in [0.2, 0.25) is 0 Å². The van der Waals surface area contributed by atoms with Crippen LogP contribution in [-0.4, -0.2) is 53.9 Å². The van der Waals surface area contributed by atoms with Crippen molar-refractivity contribution in [3.63, 3.8) is 0 Å². The Balaban J connectivity index is 1.46. The Kier molecular flexibility index (Phi) is 4.35. The number of aromatic nitrogens is 2. The fraction of sp³-hybridized carbons (Fsp3) is 0.263. The summed E-state index contributed by atoms with van der Waals surface area (Å²) in [5, 5.41) is 9.13. The zero-order valence-electron chi connectivity index (χ0n) is 13.8. The van der Waals surface area contributed by atoms with E-state index in [1.807, 2.05) is 36.4 Å². The van der Waals surface area contributed by atoms with Gasteiger partial charge < -0.3 is 14.4 Å². The number of aromatic amines is 1. The molecule has 6 nitrogen and oxygen atoms in total. The maximum Gasteiger partial charge on any atom is 0.260 e. The van der Waals surface area contributed by atoms with E-state index in [2.05, 4.69) is 16.3 Å². The van der Waals surface area contributed by atoms with E-state index >= 15 is 0 Å². The van der Waals surface area contributed by atoms with Crippen molar-refractivity contribution < 1.29 is 14.3 Å². The topological polar surface area (TPSA) is 67.5 Å². The second kappa shape index (κ2) is 6.94. The molecule has 4 rings (SSSR count). The molecule has 1 amide bonds. The second-order valence-electron chi connectivity index (χ2n) is 5.98. The molecule has 0 aliphatic carbocycles. The summed E-state index contributed by atoms with van der Waals surface area (Å²) >= 11 is 0. The average molecular weight is 337 g/mol. The third kappa shape index (κ3) is 3.49. The number of rotatable bonds is 4. The number of benzene rings is 2. The number of hydrogen-bond donors (Lipinski definition) is 1. The molecule has 0 spiro atoms. The van der Waals surface area contributed by atoms with Gasteiger partial charge in [0.15, 0.2) is 6.61 Å². The molecule has 2 heterocycles. The lowest BCUT2D eigenvalue weighted by Crippen LogP contribution is -2.42. The van der Waals surface area contributed by atoms with E-state index in [4.69, 9.17) is 9.47 Å². The lowest BCUT2D eigenvalue weighted by atomic mass is 10.0. The van der Waals surface area contributed by atoms with Crippen LogP contribution in [0.1, 0.15) is 0 Å². The first-order valence-electron chi connectivity index (χ1n) is 8.31. The van der Waals surface area contributed by atoms with Crippen LogP contribution in [0.25, 0.3) is 22.0 Å². The molecule has 0 radical (unpaired) electrons. The van der Waals surface area contributed by atoms with E-state index in [-0.39, 0.29) is 12.5 Å². The van der Waals surface area contributed by atoms with Crippen LogP contribution in [0, 0.1) is 0 Å². The smallest absolute Gasteiger partial charge is 0.260 e.